The van der Waals surface area contributed by atoms with E-state index in [9.17, 15) is 13.2 Å². The first-order valence-electron chi connectivity index (χ1n) is 8.67. The smallest absolute Gasteiger partial charge is 0.357 e. The van der Waals surface area contributed by atoms with Gasteiger partial charge in [0.05, 0.1) is 0 Å². The predicted octanol–water partition coefficient (Wildman–Crippen LogP) is 3.76. The number of unbranched alkanes of at least 4 members (excludes halogenated alkanes) is 1. The summed E-state index contributed by atoms with van der Waals surface area (Å²) in [7, 11) is 0. The highest BCUT2D eigenvalue weighted by molar-refractivity contribution is 14.0. The third-order valence-electron chi connectivity index (χ3n) is 4.08. The van der Waals surface area contributed by atoms with Gasteiger partial charge in [0, 0.05) is 44.7 Å². The number of alkyl halides is 3. The standard InChI is InChI=1S/C16H31F3N4.HI/c1-4-20-15(21-10-6-5-9-16(17,18)19)22-14-7-11-23(12-8-14)13(2)3;/h13-14H,4-12H2,1-3H3,(H2,20,21,22);1H. The number of guanidine groups is 1. The lowest BCUT2D eigenvalue weighted by molar-refractivity contribution is -0.135. The summed E-state index contributed by atoms with van der Waals surface area (Å²) in [5, 5.41) is 6.59. The Balaban J connectivity index is 0.00000529. The molecule has 1 saturated heterocycles. The van der Waals surface area contributed by atoms with E-state index in [0.29, 0.717) is 25.0 Å². The van der Waals surface area contributed by atoms with Crippen LogP contribution < -0.4 is 10.6 Å². The zero-order valence-corrected chi connectivity index (χ0v) is 17.3. The second kappa shape index (κ2) is 12.2. The van der Waals surface area contributed by atoms with E-state index in [1.165, 1.54) is 0 Å². The summed E-state index contributed by atoms with van der Waals surface area (Å²) in [4.78, 5) is 6.85. The molecule has 0 aliphatic carbocycles. The van der Waals surface area contributed by atoms with Crippen molar-refractivity contribution in [3.8, 4) is 0 Å². The molecule has 1 rings (SSSR count). The predicted molar refractivity (Wildman–Crippen MR) is 104 cm³/mol. The zero-order chi connectivity index (χ0) is 17.3. The molecule has 2 N–H and O–H groups in total. The summed E-state index contributed by atoms with van der Waals surface area (Å²) >= 11 is 0. The van der Waals surface area contributed by atoms with Crippen molar-refractivity contribution in [3.63, 3.8) is 0 Å². The molecule has 1 heterocycles. The molecule has 8 heteroatoms. The molecule has 1 fully saturated rings. The SMILES string of the molecule is CCNC(=NCCCCC(F)(F)F)NC1CCN(C(C)C)CC1.I. The normalized spacial score (nSPS) is 17.7. The first-order valence-corrected chi connectivity index (χ1v) is 8.67. The molecule has 0 radical (unpaired) electrons. The van der Waals surface area contributed by atoms with Crippen molar-refractivity contribution in [1.82, 2.24) is 15.5 Å². The molecule has 0 aromatic carbocycles. The van der Waals surface area contributed by atoms with Crippen molar-refractivity contribution in [2.75, 3.05) is 26.2 Å². The van der Waals surface area contributed by atoms with Crippen LogP contribution in [0.4, 0.5) is 13.2 Å². The van der Waals surface area contributed by atoms with Crippen LogP contribution in [0.15, 0.2) is 4.99 Å². The van der Waals surface area contributed by atoms with E-state index in [4.69, 9.17) is 0 Å². The Morgan fingerprint density at radius 3 is 2.33 bits per heavy atom. The molecule has 4 nitrogen and oxygen atoms in total. The summed E-state index contributed by atoms with van der Waals surface area (Å²) in [5.41, 5.74) is 0. The minimum atomic E-state index is -4.06. The number of hydrogen-bond donors (Lipinski definition) is 2. The fraction of sp³-hybridized carbons (Fsp3) is 0.938. The number of halogens is 4. The Kier molecular flexibility index (Phi) is 12.0. The maximum Gasteiger partial charge on any atom is 0.389 e. The van der Waals surface area contributed by atoms with Gasteiger partial charge < -0.3 is 15.5 Å². The van der Waals surface area contributed by atoms with Gasteiger partial charge in [-0.2, -0.15) is 13.2 Å². The summed E-state index contributed by atoms with van der Waals surface area (Å²) in [6, 6.07) is 0.962. The van der Waals surface area contributed by atoms with Crippen molar-refractivity contribution >= 4 is 29.9 Å². The quantitative estimate of drug-likeness (QED) is 0.261. The van der Waals surface area contributed by atoms with E-state index < -0.39 is 12.6 Å². The van der Waals surface area contributed by atoms with Gasteiger partial charge in [0.15, 0.2) is 5.96 Å². The molecule has 1 aliphatic heterocycles. The first kappa shape index (κ1) is 23.8. The lowest BCUT2D eigenvalue weighted by Crippen LogP contribution is -2.49. The third-order valence-corrected chi connectivity index (χ3v) is 4.08. The van der Waals surface area contributed by atoms with Gasteiger partial charge in [0.25, 0.3) is 0 Å². The fourth-order valence-electron chi connectivity index (χ4n) is 2.70. The van der Waals surface area contributed by atoms with Gasteiger partial charge in [-0.3, -0.25) is 4.99 Å². The minimum Gasteiger partial charge on any atom is -0.357 e. The number of rotatable bonds is 7. The van der Waals surface area contributed by atoms with E-state index in [0.717, 1.165) is 38.4 Å². The van der Waals surface area contributed by atoms with E-state index >= 15 is 0 Å². The highest BCUT2D eigenvalue weighted by Crippen LogP contribution is 2.22. The van der Waals surface area contributed by atoms with Crippen molar-refractivity contribution < 1.29 is 13.2 Å². The monoisotopic (exact) mass is 464 g/mol. The van der Waals surface area contributed by atoms with Crippen molar-refractivity contribution in [1.29, 1.82) is 0 Å². The molecule has 0 spiro atoms. The molecule has 0 bridgehead atoms. The van der Waals surface area contributed by atoms with Crippen molar-refractivity contribution in [3.05, 3.63) is 0 Å². The number of likely N-dealkylation sites (tertiary alicyclic amines) is 1. The average Bonchev–Trinajstić information content (AvgIpc) is 2.46. The third kappa shape index (κ3) is 10.6. The summed E-state index contributed by atoms with van der Waals surface area (Å²) < 4.78 is 36.3. The Labute approximate surface area is 161 Å². The van der Waals surface area contributed by atoms with Gasteiger partial charge in [-0.1, -0.05) is 0 Å². The summed E-state index contributed by atoms with van der Waals surface area (Å²) in [6.45, 7) is 9.72. The van der Waals surface area contributed by atoms with Crippen LogP contribution in [0, 0.1) is 0 Å². The van der Waals surface area contributed by atoms with E-state index in [1.54, 1.807) is 0 Å². The van der Waals surface area contributed by atoms with Gasteiger partial charge in [0.2, 0.25) is 0 Å². The van der Waals surface area contributed by atoms with Crippen LogP contribution in [-0.2, 0) is 0 Å². The molecule has 24 heavy (non-hydrogen) atoms. The maximum atomic E-state index is 12.1. The number of piperidine rings is 1. The second-order valence-electron chi connectivity index (χ2n) is 6.38. The molecular weight excluding hydrogens is 432 g/mol. The van der Waals surface area contributed by atoms with Crippen LogP contribution in [0.1, 0.15) is 52.9 Å². The van der Waals surface area contributed by atoms with Gasteiger partial charge in [0.1, 0.15) is 0 Å². The van der Waals surface area contributed by atoms with Crippen molar-refractivity contribution in [2.45, 2.75) is 71.1 Å². The largest absolute Gasteiger partial charge is 0.389 e. The van der Waals surface area contributed by atoms with Crippen LogP contribution in [0.2, 0.25) is 0 Å². The van der Waals surface area contributed by atoms with Crippen LogP contribution in [0.25, 0.3) is 0 Å². The Morgan fingerprint density at radius 2 is 1.83 bits per heavy atom. The van der Waals surface area contributed by atoms with Crippen LogP contribution in [0.3, 0.4) is 0 Å². The molecule has 0 atom stereocenters. The van der Waals surface area contributed by atoms with Crippen LogP contribution >= 0.6 is 24.0 Å². The van der Waals surface area contributed by atoms with Crippen LogP contribution in [0.5, 0.6) is 0 Å². The number of nitrogens with zero attached hydrogens (tertiary/aromatic N) is 2. The molecule has 0 unspecified atom stereocenters. The molecule has 0 aromatic heterocycles. The lowest BCUT2D eigenvalue weighted by Gasteiger charge is -2.35. The average molecular weight is 464 g/mol. The Hall–Kier alpha value is -0.250. The Bertz CT molecular complexity index is 354. The molecular formula is C16H32F3IN4. The molecule has 1 aliphatic rings. The van der Waals surface area contributed by atoms with E-state index in [1.807, 2.05) is 6.92 Å². The van der Waals surface area contributed by atoms with Gasteiger partial charge in [-0.15, -0.1) is 24.0 Å². The molecule has 144 valence electrons. The molecule has 0 saturated carbocycles. The molecule has 0 amide bonds. The maximum absolute atomic E-state index is 12.1. The Morgan fingerprint density at radius 1 is 1.21 bits per heavy atom. The highest BCUT2D eigenvalue weighted by atomic mass is 127. The van der Waals surface area contributed by atoms with Crippen molar-refractivity contribution in [2.24, 2.45) is 4.99 Å². The van der Waals surface area contributed by atoms with Gasteiger partial charge >= 0.3 is 6.18 Å². The first-order chi connectivity index (χ1) is 10.8. The van der Waals surface area contributed by atoms with Gasteiger partial charge in [-0.05, 0) is 46.5 Å². The minimum absolute atomic E-state index is 0. The number of aliphatic imine (C=N–C) groups is 1. The number of nitrogens with one attached hydrogen (secondary N) is 2. The van der Waals surface area contributed by atoms with Gasteiger partial charge in [-0.25, -0.2) is 0 Å². The van der Waals surface area contributed by atoms with E-state index in [-0.39, 0.29) is 30.4 Å². The summed E-state index contributed by atoms with van der Waals surface area (Å²) in [6.07, 6.45) is -2.05. The summed E-state index contributed by atoms with van der Waals surface area (Å²) in [5.74, 6) is 0.725. The number of hydrogen-bond acceptors (Lipinski definition) is 2. The molecule has 0 aromatic rings. The highest BCUT2D eigenvalue weighted by Gasteiger charge is 2.25. The zero-order valence-electron chi connectivity index (χ0n) is 15.0. The topological polar surface area (TPSA) is 39.7 Å². The fourth-order valence-corrected chi connectivity index (χ4v) is 2.70. The second-order valence-corrected chi connectivity index (χ2v) is 6.38. The van der Waals surface area contributed by atoms with Crippen LogP contribution in [-0.4, -0.2) is 55.3 Å². The lowest BCUT2D eigenvalue weighted by atomic mass is 10.0. The van der Waals surface area contributed by atoms with E-state index in [2.05, 4.69) is 34.4 Å².